The van der Waals surface area contributed by atoms with Crippen LogP contribution in [0.15, 0.2) is 70.7 Å². The zero-order valence-corrected chi connectivity index (χ0v) is 14.8. The van der Waals surface area contributed by atoms with Gasteiger partial charge in [-0.15, -0.1) is 11.8 Å². The summed E-state index contributed by atoms with van der Waals surface area (Å²) in [5.74, 6) is 0.0212. The first kappa shape index (κ1) is 17.1. The van der Waals surface area contributed by atoms with Gasteiger partial charge in [0.05, 0.1) is 10.7 Å². The van der Waals surface area contributed by atoms with E-state index in [4.69, 9.17) is 0 Å². The third-order valence-corrected chi connectivity index (χ3v) is 5.25. The van der Waals surface area contributed by atoms with E-state index in [1.54, 1.807) is 29.1 Å². The summed E-state index contributed by atoms with van der Waals surface area (Å²) in [5, 5.41) is 14.5. The first-order valence-electron chi connectivity index (χ1n) is 8.14. The van der Waals surface area contributed by atoms with Crippen LogP contribution >= 0.6 is 11.8 Å². The van der Waals surface area contributed by atoms with Crippen molar-refractivity contribution in [2.24, 2.45) is 0 Å². The van der Waals surface area contributed by atoms with Gasteiger partial charge < -0.3 is 4.98 Å². The Morgan fingerprint density at radius 1 is 1.19 bits per heavy atom. The molecular formula is C20H13FN4OS. The van der Waals surface area contributed by atoms with Gasteiger partial charge in [-0.1, -0.05) is 24.3 Å². The van der Waals surface area contributed by atoms with Crippen LogP contribution in [0.1, 0.15) is 11.1 Å². The molecule has 132 valence electrons. The largest absolute Gasteiger partial charge is 0.315 e. The lowest BCUT2D eigenvalue weighted by Crippen LogP contribution is -2.12. The number of nitrogens with zero attached hydrogens (tertiary/aromatic N) is 3. The van der Waals surface area contributed by atoms with Crippen molar-refractivity contribution < 1.29 is 4.39 Å². The molecule has 4 rings (SSSR count). The fraction of sp³-hybridized carbons (Fsp3) is 0.0500. The quantitative estimate of drug-likeness (QED) is 0.546. The highest BCUT2D eigenvalue weighted by molar-refractivity contribution is 7.98. The summed E-state index contributed by atoms with van der Waals surface area (Å²) in [6.45, 7) is 0. The second kappa shape index (κ2) is 7.09. The molecule has 0 bridgehead atoms. The molecule has 7 heteroatoms. The molecule has 0 unspecified atom stereocenters. The van der Waals surface area contributed by atoms with Crippen LogP contribution in [-0.4, -0.2) is 14.8 Å². The molecule has 1 N–H and O–H groups in total. The summed E-state index contributed by atoms with van der Waals surface area (Å²) >= 11 is 1.39. The average molecular weight is 376 g/mol. The highest BCUT2D eigenvalue weighted by atomic mass is 32.2. The van der Waals surface area contributed by atoms with Crippen molar-refractivity contribution in [3.8, 4) is 11.8 Å². The summed E-state index contributed by atoms with van der Waals surface area (Å²) in [6, 6.07) is 16.1. The molecule has 0 aliphatic rings. The topological polar surface area (TPSA) is 74.5 Å². The fourth-order valence-electron chi connectivity index (χ4n) is 2.86. The van der Waals surface area contributed by atoms with Crippen molar-refractivity contribution in [2.45, 2.75) is 10.8 Å². The number of aromatic amines is 1. The Morgan fingerprint density at radius 2 is 2.00 bits per heavy atom. The molecule has 0 spiro atoms. The molecule has 0 atom stereocenters. The van der Waals surface area contributed by atoms with Crippen LogP contribution < -0.4 is 5.56 Å². The van der Waals surface area contributed by atoms with Crippen LogP contribution in [0.2, 0.25) is 0 Å². The van der Waals surface area contributed by atoms with Crippen LogP contribution in [0.5, 0.6) is 0 Å². The molecule has 0 saturated carbocycles. The van der Waals surface area contributed by atoms with Crippen LogP contribution in [0.25, 0.3) is 16.5 Å². The summed E-state index contributed by atoms with van der Waals surface area (Å²) < 4.78 is 16.0. The van der Waals surface area contributed by atoms with Crippen molar-refractivity contribution in [3.63, 3.8) is 0 Å². The maximum absolute atomic E-state index is 14.2. The fourth-order valence-corrected chi connectivity index (χ4v) is 3.85. The number of H-pyrrole nitrogens is 1. The first-order valence-corrected chi connectivity index (χ1v) is 9.12. The van der Waals surface area contributed by atoms with E-state index in [-0.39, 0.29) is 10.9 Å². The molecule has 27 heavy (non-hydrogen) atoms. The minimum absolute atomic E-state index is 0.0697. The maximum atomic E-state index is 14.2. The van der Waals surface area contributed by atoms with Gasteiger partial charge in [-0.25, -0.2) is 9.07 Å². The molecule has 5 nitrogen and oxygen atoms in total. The van der Waals surface area contributed by atoms with Gasteiger partial charge >= 0.3 is 0 Å². The second-order valence-electron chi connectivity index (χ2n) is 5.84. The number of nitriles is 1. The molecular weight excluding hydrogens is 363 g/mol. The minimum Gasteiger partial charge on any atom is -0.315 e. The van der Waals surface area contributed by atoms with Gasteiger partial charge in [-0.3, -0.25) is 4.79 Å². The molecule has 0 aliphatic carbocycles. The van der Waals surface area contributed by atoms with Crippen molar-refractivity contribution >= 4 is 22.5 Å². The van der Waals surface area contributed by atoms with E-state index in [1.165, 1.54) is 17.8 Å². The molecule has 0 radical (unpaired) electrons. The first-order chi connectivity index (χ1) is 13.2. The van der Waals surface area contributed by atoms with Gasteiger partial charge in [0.15, 0.2) is 0 Å². The highest BCUT2D eigenvalue weighted by Gasteiger charge is 2.14. The zero-order valence-electron chi connectivity index (χ0n) is 14.0. The van der Waals surface area contributed by atoms with Crippen molar-refractivity contribution in [3.05, 3.63) is 88.2 Å². The zero-order chi connectivity index (χ0) is 18.8. The van der Waals surface area contributed by atoms with E-state index >= 15 is 0 Å². The van der Waals surface area contributed by atoms with E-state index in [0.717, 1.165) is 11.3 Å². The number of hydrogen-bond donors (Lipinski definition) is 1. The highest BCUT2D eigenvalue weighted by Crippen LogP contribution is 2.30. The SMILES string of the molecule is N#Cc1c(=O)[nH]c(SCc2ccc(-n3cccn3)cc2)c2cccc(F)c12. The monoisotopic (exact) mass is 376 g/mol. The molecule has 4 aromatic rings. The molecule has 0 saturated heterocycles. The number of hydrogen-bond acceptors (Lipinski definition) is 4. The number of rotatable bonds is 4. The van der Waals surface area contributed by atoms with Crippen LogP contribution in [0.3, 0.4) is 0 Å². The molecule has 0 fully saturated rings. The van der Waals surface area contributed by atoms with Gasteiger partial charge in [-0.05, 0) is 29.8 Å². The lowest BCUT2D eigenvalue weighted by Gasteiger charge is -2.09. The van der Waals surface area contributed by atoms with Gasteiger partial charge in [0.1, 0.15) is 17.4 Å². The minimum atomic E-state index is -0.577. The van der Waals surface area contributed by atoms with Gasteiger partial charge in [0.2, 0.25) is 0 Å². The molecule has 0 amide bonds. The third-order valence-electron chi connectivity index (χ3n) is 4.16. The predicted octanol–water partition coefficient (Wildman–Crippen LogP) is 4.02. The smallest absolute Gasteiger partial charge is 0.267 e. The third kappa shape index (κ3) is 3.23. The number of aromatic nitrogens is 3. The van der Waals surface area contributed by atoms with E-state index in [1.807, 2.05) is 36.5 Å². The number of benzene rings is 2. The number of nitrogens with one attached hydrogen (secondary N) is 1. The van der Waals surface area contributed by atoms with Crippen molar-refractivity contribution in [2.75, 3.05) is 0 Å². The number of thioether (sulfide) groups is 1. The number of halogens is 1. The predicted molar refractivity (Wildman–Crippen MR) is 102 cm³/mol. The number of fused-ring (bicyclic) bond motifs is 1. The van der Waals surface area contributed by atoms with Gasteiger partial charge in [0, 0.05) is 28.9 Å². The standard InChI is InChI=1S/C20H13FN4OS/c21-17-4-1-3-15-18(17)16(11-22)19(26)24-20(15)27-12-13-5-7-14(8-6-13)25-10-2-9-23-25/h1-10H,12H2,(H,24,26). The lowest BCUT2D eigenvalue weighted by atomic mass is 10.1. The van der Waals surface area contributed by atoms with E-state index in [2.05, 4.69) is 10.1 Å². The molecule has 2 aromatic carbocycles. The van der Waals surface area contributed by atoms with Crippen molar-refractivity contribution in [1.29, 1.82) is 5.26 Å². The summed E-state index contributed by atoms with van der Waals surface area (Å²) in [4.78, 5) is 14.9. The second-order valence-corrected chi connectivity index (χ2v) is 6.82. The van der Waals surface area contributed by atoms with E-state index < -0.39 is 11.4 Å². The van der Waals surface area contributed by atoms with Crippen molar-refractivity contribution in [1.82, 2.24) is 14.8 Å². The lowest BCUT2D eigenvalue weighted by molar-refractivity contribution is 0.639. The molecule has 2 heterocycles. The van der Waals surface area contributed by atoms with Crippen LogP contribution in [0.4, 0.5) is 4.39 Å². The maximum Gasteiger partial charge on any atom is 0.267 e. The molecule has 2 aromatic heterocycles. The Balaban J connectivity index is 1.64. The van der Waals surface area contributed by atoms with E-state index in [0.29, 0.717) is 16.2 Å². The van der Waals surface area contributed by atoms with Gasteiger partial charge in [-0.2, -0.15) is 10.4 Å². The Hall–Kier alpha value is -3.37. The normalized spacial score (nSPS) is 10.8. The Kier molecular flexibility index (Phi) is 4.48. The van der Waals surface area contributed by atoms with E-state index in [9.17, 15) is 14.4 Å². The summed E-state index contributed by atoms with van der Waals surface area (Å²) in [6.07, 6.45) is 3.58. The van der Waals surface area contributed by atoms with Crippen LogP contribution in [-0.2, 0) is 5.75 Å². The average Bonchev–Trinajstić information content (AvgIpc) is 3.22. The summed E-state index contributed by atoms with van der Waals surface area (Å²) in [7, 11) is 0. The Morgan fingerprint density at radius 3 is 2.70 bits per heavy atom. The Bertz CT molecular complexity index is 1210. The van der Waals surface area contributed by atoms with Gasteiger partial charge in [0.25, 0.3) is 5.56 Å². The Labute approximate surface area is 158 Å². The molecule has 0 aliphatic heterocycles. The number of pyridine rings is 1. The summed E-state index contributed by atoms with van der Waals surface area (Å²) in [5.41, 5.74) is 1.22. The van der Waals surface area contributed by atoms with Crippen LogP contribution in [0, 0.1) is 17.1 Å².